The zero-order valence-electron chi connectivity index (χ0n) is 14.1. The number of nitrogens with zero attached hydrogens (tertiary/aromatic N) is 4. The van der Waals surface area contributed by atoms with Gasteiger partial charge in [0.15, 0.2) is 0 Å². The van der Waals surface area contributed by atoms with E-state index in [4.69, 9.17) is 4.42 Å². The summed E-state index contributed by atoms with van der Waals surface area (Å²) in [6.07, 6.45) is 1.58. The van der Waals surface area contributed by atoms with Crippen LogP contribution in [0.15, 0.2) is 10.8 Å². The van der Waals surface area contributed by atoms with E-state index in [0.29, 0.717) is 19.5 Å². The van der Waals surface area contributed by atoms with Crippen molar-refractivity contribution >= 4 is 17.7 Å². The number of hydrogen-bond acceptors (Lipinski definition) is 7. The van der Waals surface area contributed by atoms with Gasteiger partial charge in [0, 0.05) is 13.5 Å². The number of nitrogens with one attached hydrogen (secondary N) is 1. The van der Waals surface area contributed by atoms with Crippen molar-refractivity contribution in [3.8, 4) is 0 Å². The second-order valence-electron chi connectivity index (χ2n) is 6.53. The Hall–Kier alpha value is -2.49. The SMILES string of the molecule is CC(=O)N1CCC[C@@]12CN(CC(=O)N[C@H](c1nnco1)[C@@H](C)O)C2=O. The van der Waals surface area contributed by atoms with Gasteiger partial charge in [-0.05, 0) is 19.8 Å². The number of carbonyl (C=O) groups excluding carboxylic acids is 3. The third-order valence-corrected chi connectivity index (χ3v) is 4.78. The monoisotopic (exact) mass is 351 g/mol. The number of likely N-dealkylation sites (tertiary alicyclic amines) is 2. The second-order valence-corrected chi connectivity index (χ2v) is 6.53. The number of rotatable bonds is 5. The molecule has 1 aromatic rings. The van der Waals surface area contributed by atoms with Gasteiger partial charge in [-0.2, -0.15) is 0 Å². The molecule has 2 N–H and O–H groups in total. The number of aliphatic hydroxyl groups excluding tert-OH is 1. The van der Waals surface area contributed by atoms with Crippen LogP contribution < -0.4 is 5.32 Å². The van der Waals surface area contributed by atoms with Crippen molar-refractivity contribution in [3.63, 3.8) is 0 Å². The van der Waals surface area contributed by atoms with Gasteiger partial charge in [0.25, 0.3) is 5.91 Å². The summed E-state index contributed by atoms with van der Waals surface area (Å²) in [4.78, 5) is 39.5. The molecule has 3 heterocycles. The topological polar surface area (TPSA) is 129 Å². The summed E-state index contributed by atoms with van der Waals surface area (Å²) in [5.41, 5.74) is -0.776. The molecule has 0 radical (unpaired) electrons. The minimum Gasteiger partial charge on any atom is -0.426 e. The first kappa shape index (κ1) is 17.3. The maximum atomic E-state index is 12.5. The third-order valence-electron chi connectivity index (χ3n) is 4.78. The first-order valence-electron chi connectivity index (χ1n) is 8.16. The molecule has 2 aliphatic heterocycles. The minimum atomic E-state index is -0.939. The van der Waals surface area contributed by atoms with Gasteiger partial charge in [-0.25, -0.2) is 0 Å². The Morgan fingerprint density at radius 1 is 1.52 bits per heavy atom. The van der Waals surface area contributed by atoms with Gasteiger partial charge in [0.05, 0.1) is 19.2 Å². The van der Waals surface area contributed by atoms with E-state index >= 15 is 0 Å². The number of hydrogen-bond donors (Lipinski definition) is 2. The summed E-state index contributed by atoms with van der Waals surface area (Å²) < 4.78 is 5.02. The fraction of sp³-hybridized carbons (Fsp3) is 0.667. The Labute approximate surface area is 144 Å². The normalized spacial score (nSPS) is 25.0. The molecule has 0 aromatic carbocycles. The van der Waals surface area contributed by atoms with Crippen LogP contribution in [-0.4, -0.2) is 74.1 Å². The molecular formula is C15H21N5O5. The number of aliphatic hydroxyl groups is 1. The van der Waals surface area contributed by atoms with Crippen LogP contribution in [0.1, 0.15) is 38.6 Å². The fourth-order valence-corrected chi connectivity index (χ4v) is 3.61. The molecule has 3 amide bonds. The lowest BCUT2D eigenvalue weighted by molar-refractivity contribution is -0.168. The highest BCUT2D eigenvalue weighted by atomic mass is 16.4. The summed E-state index contributed by atoms with van der Waals surface area (Å²) in [5, 5.41) is 19.6. The van der Waals surface area contributed by atoms with E-state index in [2.05, 4.69) is 15.5 Å². The number of carbonyl (C=O) groups is 3. The van der Waals surface area contributed by atoms with Gasteiger partial charge in [-0.15, -0.1) is 10.2 Å². The molecule has 3 atom stereocenters. The summed E-state index contributed by atoms with van der Waals surface area (Å²) in [5.74, 6) is -0.685. The maximum Gasteiger partial charge on any atom is 0.250 e. The predicted molar refractivity (Wildman–Crippen MR) is 82.8 cm³/mol. The molecule has 2 aliphatic rings. The van der Waals surface area contributed by atoms with E-state index < -0.39 is 23.6 Å². The highest BCUT2D eigenvalue weighted by Crippen LogP contribution is 2.38. The molecule has 2 fully saturated rings. The van der Waals surface area contributed by atoms with E-state index in [1.165, 1.54) is 18.7 Å². The Morgan fingerprint density at radius 2 is 2.28 bits per heavy atom. The van der Waals surface area contributed by atoms with Gasteiger partial charge in [0.2, 0.25) is 24.1 Å². The van der Waals surface area contributed by atoms with Crippen LogP contribution in [0.2, 0.25) is 0 Å². The summed E-state index contributed by atoms with van der Waals surface area (Å²) in [7, 11) is 0. The molecule has 10 nitrogen and oxygen atoms in total. The van der Waals surface area contributed by atoms with Crippen molar-refractivity contribution in [2.24, 2.45) is 0 Å². The summed E-state index contributed by atoms with van der Waals surface area (Å²) in [6.45, 7) is 3.71. The molecule has 2 saturated heterocycles. The molecule has 10 heteroatoms. The highest BCUT2D eigenvalue weighted by molar-refractivity contribution is 5.99. The Kier molecular flexibility index (Phi) is 4.46. The van der Waals surface area contributed by atoms with E-state index in [9.17, 15) is 19.5 Å². The quantitative estimate of drug-likeness (QED) is 0.640. The maximum absolute atomic E-state index is 12.5. The molecule has 3 rings (SSSR count). The van der Waals surface area contributed by atoms with Crippen LogP contribution in [0.4, 0.5) is 0 Å². The van der Waals surface area contributed by atoms with Gasteiger partial charge < -0.3 is 24.6 Å². The zero-order valence-corrected chi connectivity index (χ0v) is 14.1. The molecule has 0 bridgehead atoms. The average Bonchev–Trinajstić information content (AvgIpc) is 3.22. The van der Waals surface area contributed by atoms with Crippen molar-refractivity contribution in [3.05, 3.63) is 12.3 Å². The van der Waals surface area contributed by atoms with Crippen molar-refractivity contribution in [2.75, 3.05) is 19.6 Å². The molecule has 1 aromatic heterocycles. The summed E-state index contributed by atoms with van der Waals surface area (Å²) >= 11 is 0. The van der Waals surface area contributed by atoms with E-state index in [1.54, 1.807) is 4.90 Å². The fourth-order valence-electron chi connectivity index (χ4n) is 3.61. The first-order valence-corrected chi connectivity index (χ1v) is 8.16. The predicted octanol–water partition coefficient (Wildman–Crippen LogP) is -1.17. The Bertz CT molecular complexity index is 676. The van der Waals surface area contributed by atoms with Crippen LogP contribution in [0.5, 0.6) is 0 Å². The van der Waals surface area contributed by atoms with Crippen LogP contribution in [0, 0.1) is 0 Å². The smallest absolute Gasteiger partial charge is 0.250 e. The average molecular weight is 351 g/mol. The standard InChI is InChI=1S/C15H21N5O5/c1-9(21)12(13-18-16-8-25-13)17-11(23)6-19-7-15(14(19)24)4-3-5-20(15)10(2)22/h8-9,12,21H,3-7H2,1-2H3,(H,17,23)/t9-,12+,15+/m1/s1. The third kappa shape index (κ3) is 2.97. The van der Waals surface area contributed by atoms with Crippen LogP contribution in [-0.2, 0) is 14.4 Å². The van der Waals surface area contributed by atoms with Gasteiger partial charge >= 0.3 is 0 Å². The van der Waals surface area contributed by atoms with Crippen molar-refractivity contribution in [1.29, 1.82) is 0 Å². The van der Waals surface area contributed by atoms with Crippen molar-refractivity contribution in [1.82, 2.24) is 25.3 Å². The molecule has 0 unspecified atom stereocenters. The molecule has 0 aliphatic carbocycles. The van der Waals surface area contributed by atoms with Crippen molar-refractivity contribution in [2.45, 2.75) is 44.4 Å². The lowest BCUT2D eigenvalue weighted by atomic mass is 9.85. The van der Waals surface area contributed by atoms with Crippen LogP contribution in [0.3, 0.4) is 0 Å². The molecule has 1 spiro atoms. The van der Waals surface area contributed by atoms with Gasteiger partial charge in [-0.1, -0.05) is 0 Å². The van der Waals surface area contributed by atoms with Gasteiger partial charge in [0.1, 0.15) is 11.6 Å². The van der Waals surface area contributed by atoms with E-state index in [1.807, 2.05) is 0 Å². The Morgan fingerprint density at radius 3 is 2.84 bits per heavy atom. The second kappa shape index (κ2) is 6.43. The molecular weight excluding hydrogens is 330 g/mol. The lowest BCUT2D eigenvalue weighted by Gasteiger charge is -2.50. The Balaban J connectivity index is 1.60. The van der Waals surface area contributed by atoms with E-state index in [-0.39, 0.29) is 24.2 Å². The molecule has 136 valence electrons. The number of aromatic nitrogens is 2. The minimum absolute atomic E-state index is 0.0910. The largest absolute Gasteiger partial charge is 0.426 e. The number of amides is 3. The first-order chi connectivity index (χ1) is 11.8. The lowest BCUT2D eigenvalue weighted by Crippen LogP contribution is -2.73. The van der Waals surface area contributed by atoms with Gasteiger partial charge in [-0.3, -0.25) is 14.4 Å². The van der Waals surface area contributed by atoms with Crippen molar-refractivity contribution < 1.29 is 23.9 Å². The highest BCUT2D eigenvalue weighted by Gasteiger charge is 2.59. The van der Waals surface area contributed by atoms with E-state index in [0.717, 1.165) is 12.8 Å². The summed E-state index contributed by atoms with van der Waals surface area (Å²) in [6, 6.07) is -0.847. The zero-order chi connectivity index (χ0) is 18.2. The molecule has 0 saturated carbocycles. The van der Waals surface area contributed by atoms with Crippen LogP contribution in [0.25, 0.3) is 0 Å². The molecule has 25 heavy (non-hydrogen) atoms. The number of β-lactam (4-membered cyclic amide) rings is 1. The van der Waals surface area contributed by atoms with Crippen LogP contribution >= 0.6 is 0 Å².